The molecular formula is C21H20ClN3O. The van der Waals surface area contributed by atoms with Crippen LogP contribution in [0.3, 0.4) is 0 Å². The van der Waals surface area contributed by atoms with Gasteiger partial charge in [-0.25, -0.2) is 4.98 Å². The molecule has 0 aliphatic carbocycles. The number of halogens is 1. The summed E-state index contributed by atoms with van der Waals surface area (Å²) in [4.78, 5) is 18.8. The van der Waals surface area contributed by atoms with Crippen molar-refractivity contribution < 1.29 is 4.79 Å². The second-order valence-electron chi connectivity index (χ2n) is 5.80. The van der Waals surface area contributed by atoms with Crippen molar-refractivity contribution in [3.63, 3.8) is 0 Å². The standard InChI is InChI=1S/C21H20ClN3O/c1-2-25(19-6-4-3-5-7-19)21(26)17-10-13-20(24-15-17)23-14-16-8-11-18(22)12-9-16/h3-13,15H,2,14H2,1H3,(H,23,24). The molecule has 0 saturated heterocycles. The van der Waals surface area contributed by atoms with E-state index in [1.807, 2.05) is 67.6 Å². The highest BCUT2D eigenvalue weighted by atomic mass is 35.5. The van der Waals surface area contributed by atoms with Crippen LogP contribution in [-0.4, -0.2) is 17.4 Å². The third kappa shape index (κ3) is 4.41. The van der Waals surface area contributed by atoms with E-state index >= 15 is 0 Å². The number of hydrogen-bond donors (Lipinski definition) is 1. The number of benzene rings is 2. The second-order valence-corrected chi connectivity index (χ2v) is 6.23. The Kier molecular flexibility index (Phi) is 5.87. The SMILES string of the molecule is CCN(C(=O)c1ccc(NCc2ccc(Cl)cc2)nc1)c1ccccc1. The number of pyridine rings is 1. The number of carbonyl (C=O) groups is 1. The number of rotatable bonds is 6. The zero-order chi connectivity index (χ0) is 18.4. The molecule has 1 N–H and O–H groups in total. The number of amides is 1. The van der Waals surface area contributed by atoms with E-state index in [2.05, 4.69) is 10.3 Å². The number of para-hydroxylation sites is 1. The molecule has 26 heavy (non-hydrogen) atoms. The molecule has 0 bridgehead atoms. The number of carbonyl (C=O) groups excluding carboxylic acids is 1. The number of aromatic nitrogens is 1. The van der Waals surface area contributed by atoms with Gasteiger partial charge in [-0.05, 0) is 48.9 Å². The maximum absolute atomic E-state index is 12.8. The first-order valence-electron chi connectivity index (χ1n) is 8.48. The van der Waals surface area contributed by atoms with Crippen molar-refractivity contribution in [3.8, 4) is 0 Å². The quantitative estimate of drug-likeness (QED) is 0.667. The smallest absolute Gasteiger partial charge is 0.259 e. The lowest BCUT2D eigenvalue weighted by molar-refractivity contribution is 0.0988. The molecule has 1 aromatic heterocycles. The van der Waals surface area contributed by atoms with Crippen molar-refractivity contribution in [1.82, 2.24) is 4.98 Å². The van der Waals surface area contributed by atoms with Crippen molar-refractivity contribution in [1.29, 1.82) is 0 Å². The average molecular weight is 366 g/mol. The second kappa shape index (κ2) is 8.50. The van der Waals surface area contributed by atoms with Crippen molar-refractivity contribution in [2.75, 3.05) is 16.8 Å². The van der Waals surface area contributed by atoms with E-state index in [4.69, 9.17) is 11.6 Å². The van der Waals surface area contributed by atoms with Crippen molar-refractivity contribution in [2.45, 2.75) is 13.5 Å². The fourth-order valence-electron chi connectivity index (χ4n) is 2.63. The van der Waals surface area contributed by atoms with E-state index in [0.717, 1.165) is 17.1 Å². The number of anilines is 2. The Morgan fingerprint density at radius 3 is 2.38 bits per heavy atom. The minimum Gasteiger partial charge on any atom is -0.366 e. The molecule has 2 aromatic carbocycles. The van der Waals surface area contributed by atoms with E-state index in [-0.39, 0.29) is 5.91 Å². The zero-order valence-corrected chi connectivity index (χ0v) is 15.3. The van der Waals surface area contributed by atoms with Gasteiger partial charge in [-0.1, -0.05) is 41.9 Å². The van der Waals surface area contributed by atoms with Crippen LogP contribution in [0, 0.1) is 0 Å². The van der Waals surface area contributed by atoms with Gasteiger partial charge in [-0.3, -0.25) is 4.79 Å². The Morgan fingerprint density at radius 1 is 1.04 bits per heavy atom. The van der Waals surface area contributed by atoms with Crippen molar-refractivity contribution >= 4 is 29.0 Å². The predicted octanol–water partition coefficient (Wildman–Crippen LogP) is 5.01. The number of hydrogen-bond acceptors (Lipinski definition) is 3. The molecule has 3 aromatic rings. The minimum atomic E-state index is -0.0598. The molecular weight excluding hydrogens is 346 g/mol. The largest absolute Gasteiger partial charge is 0.366 e. The Hall–Kier alpha value is -2.85. The molecule has 5 heteroatoms. The minimum absolute atomic E-state index is 0.0598. The van der Waals surface area contributed by atoms with Gasteiger partial charge in [0.25, 0.3) is 5.91 Å². The first-order chi connectivity index (χ1) is 12.7. The van der Waals surface area contributed by atoms with Gasteiger partial charge in [0.2, 0.25) is 0 Å². The molecule has 132 valence electrons. The molecule has 3 rings (SSSR count). The van der Waals surface area contributed by atoms with Gasteiger partial charge in [0.05, 0.1) is 5.56 Å². The summed E-state index contributed by atoms with van der Waals surface area (Å²) in [5.41, 5.74) is 2.55. The van der Waals surface area contributed by atoms with Crippen molar-refractivity contribution in [3.05, 3.63) is 89.1 Å². The van der Waals surface area contributed by atoms with Crippen molar-refractivity contribution in [2.24, 2.45) is 0 Å². The molecule has 0 atom stereocenters. The summed E-state index contributed by atoms with van der Waals surface area (Å²) in [7, 11) is 0. The lowest BCUT2D eigenvalue weighted by atomic mass is 10.2. The van der Waals surface area contributed by atoms with E-state index in [1.165, 1.54) is 0 Å². The number of nitrogens with zero attached hydrogens (tertiary/aromatic N) is 2. The summed E-state index contributed by atoms with van der Waals surface area (Å²) in [6, 6.07) is 20.9. The van der Waals surface area contributed by atoms with Crippen LogP contribution in [0.1, 0.15) is 22.8 Å². The Bertz CT molecular complexity index is 849. The van der Waals surface area contributed by atoms with Crippen LogP contribution in [0.25, 0.3) is 0 Å². The highest BCUT2D eigenvalue weighted by Gasteiger charge is 2.16. The van der Waals surface area contributed by atoms with Gasteiger partial charge in [0, 0.05) is 30.0 Å². The molecule has 0 unspecified atom stereocenters. The molecule has 0 saturated carbocycles. The van der Waals surface area contributed by atoms with E-state index in [9.17, 15) is 4.79 Å². The van der Waals surface area contributed by atoms with Crippen LogP contribution in [-0.2, 0) is 6.54 Å². The van der Waals surface area contributed by atoms with Gasteiger partial charge in [0.15, 0.2) is 0 Å². The van der Waals surface area contributed by atoms with E-state index in [1.54, 1.807) is 17.2 Å². The topological polar surface area (TPSA) is 45.2 Å². The fourth-order valence-corrected chi connectivity index (χ4v) is 2.75. The predicted molar refractivity (Wildman–Crippen MR) is 107 cm³/mol. The Balaban J connectivity index is 1.66. The molecule has 4 nitrogen and oxygen atoms in total. The van der Waals surface area contributed by atoms with Crippen LogP contribution in [0.2, 0.25) is 5.02 Å². The molecule has 0 spiro atoms. The summed E-state index contributed by atoms with van der Waals surface area (Å²) in [6.45, 7) is 3.20. The average Bonchev–Trinajstić information content (AvgIpc) is 2.69. The Labute approximate surface area is 158 Å². The molecule has 1 amide bonds. The van der Waals surface area contributed by atoms with Crippen LogP contribution in [0.15, 0.2) is 72.9 Å². The summed E-state index contributed by atoms with van der Waals surface area (Å²) in [6.07, 6.45) is 1.61. The molecule has 0 aliphatic heterocycles. The molecule has 0 radical (unpaired) electrons. The van der Waals surface area contributed by atoms with Gasteiger partial charge in [-0.2, -0.15) is 0 Å². The van der Waals surface area contributed by atoms with Gasteiger partial charge < -0.3 is 10.2 Å². The van der Waals surface area contributed by atoms with Crippen LogP contribution < -0.4 is 10.2 Å². The van der Waals surface area contributed by atoms with Gasteiger partial charge >= 0.3 is 0 Å². The fraction of sp³-hybridized carbons (Fsp3) is 0.143. The highest BCUT2D eigenvalue weighted by molar-refractivity contribution is 6.30. The third-order valence-corrected chi connectivity index (χ3v) is 4.28. The van der Waals surface area contributed by atoms with Crippen LogP contribution >= 0.6 is 11.6 Å². The van der Waals surface area contributed by atoms with Crippen LogP contribution in [0.5, 0.6) is 0 Å². The maximum Gasteiger partial charge on any atom is 0.259 e. The van der Waals surface area contributed by atoms with Gasteiger partial charge in [-0.15, -0.1) is 0 Å². The molecule has 1 heterocycles. The Morgan fingerprint density at radius 2 is 1.77 bits per heavy atom. The van der Waals surface area contributed by atoms with E-state index < -0.39 is 0 Å². The first-order valence-corrected chi connectivity index (χ1v) is 8.86. The lowest BCUT2D eigenvalue weighted by Crippen LogP contribution is -2.30. The lowest BCUT2D eigenvalue weighted by Gasteiger charge is -2.21. The summed E-state index contributed by atoms with van der Waals surface area (Å²) in [5.74, 6) is 0.662. The monoisotopic (exact) mass is 365 g/mol. The summed E-state index contributed by atoms with van der Waals surface area (Å²) in [5, 5.41) is 3.96. The maximum atomic E-state index is 12.8. The van der Waals surface area contributed by atoms with E-state index in [0.29, 0.717) is 23.7 Å². The molecule has 0 fully saturated rings. The summed E-state index contributed by atoms with van der Waals surface area (Å²) < 4.78 is 0. The third-order valence-electron chi connectivity index (χ3n) is 4.03. The zero-order valence-electron chi connectivity index (χ0n) is 14.5. The van der Waals surface area contributed by atoms with Crippen LogP contribution in [0.4, 0.5) is 11.5 Å². The van der Waals surface area contributed by atoms with Gasteiger partial charge in [0.1, 0.15) is 5.82 Å². The molecule has 0 aliphatic rings. The highest BCUT2D eigenvalue weighted by Crippen LogP contribution is 2.17. The summed E-state index contributed by atoms with van der Waals surface area (Å²) >= 11 is 5.89. The normalized spacial score (nSPS) is 10.4. The number of nitrogens with one attached hydrogen (secondary N) is 1. The first kappa shape index (κ1) is 18.0.